The molecule has 1 nitrogen and oxygen atoms in total. The molecule has 0 aromatic heterocycles. The fraction of sp³-hybridized carbons (Fsp3) is 0.333. The first-order chi connectivity index (χ1) is 7.13. The highest BCUT2D eigenvalue weighted by molar-refractivity contribution is 5.18. The third kappa shape index (κ3) is 3.80. The first kappa shape index (κ1) is 11.9. The largest absolute Gasteiger partial charge is 0.393 e. The Labute approximate surface area is 88.1 Å². The van der Waals surface area contributed by atoms with Crippen molar-refractivity contribution in [2.24, 2.45) is 0 Å². The zero-order valence-corrected chi connectivity index (χ0v) is 8.42. The van der Waals surface area contributed by atoms with E-state index >= 15 is 0 Å². The Kier molecular flexibility index (Phi) is 4.43. The van der Waals surface area contributed by atoms with E-state index in [0.717, 1.165) is 12.1 Å². The van der Waals surface area contributed by atoms with E-state index in [1.807, 2.05) is 0 Å². The van der Waals surface area contributed by atoms with Crippen LogP contribution in [0.2, 0.25) is 0 Å². The number of hydrogen-bond acceptors (Lipinski definition) is 1. The lowest BCUT2D eigenvalue weighted by Crippen LogP contribution is -2.10. The maximum atomic E-state index is 12.8. The van der Waals surface area contributed by atoms with E-state index in [9.17, 15) is 13.9 Å². The zero-order valence-electron chi connectivity index (χ0n) is 8.42. The van der Waals surface area contributed by atoms with Gasteiger partial charge in [0.2, 0.25) is 0 Å². The van der Waals surface area contributed by atoms with E-state index in [1.54, 1.807) is 6.08 Å². The van der Waals surface area contributed by atoms with Gasteiger partial charge in [-0.15, -0.1) is 6.58 Å². The van der Waals surface area contributed by atoms with E-state index in [4.69, 9.17) is 0 Å². The Bertz CT molecular complexity index is 336. The molecule has 0 aliphatic carbocycles. The Morgan fingerprint density at radius 2 is 2.07 bits per heavy atom. The minimum absolute atomic E-state index is 0.338. The molecule has 15 heavy (non-hydrogen) atoms. The zero-order chi connectivity index (χ0) is 11.3. The lowest BCUT2D eigenvalue weighted by molar-refractivity contribution is 0.166. The molecule has 1 N–H and O–H groups in total. The summed E-state index contributed by atoms with van der Waals surface area (Å²) in [6.07, 6.45) is 2.82. The molecule has 1 aromatic carbocycles. The lowest BCUT2D eigenvalue weighted by atomic mass is 10.0. The number of benzene rings is 1. The van der Waals surface area contributed by atoms with Crippen LogP contribution in [-0.2, 0) is 6.42 Å². The summed E-state index contributed by atoms with van der Waals surface area (Å²) in [4.78, 5) is 0. The van der Waals surface area contributed by atoms with Gasteiger partial charge in [0.25, 0.3) is 0 Å². The van der Waals surface area contributed by atoms with Crippen LogP contribution in [0.4, 0.5) is 8.78 Å². The average molecular weight is 212 g/mol. The predicted molar refractivity (Wildman–Crippen MR) is 55.5 cm³/mol. The highest BCUT2D eigenvalue weighted by atomic mass is 19.2. The maximum Gasteiger partial charge on any atom is 0.159 e. The molecule has 1 atom stereocenters. The summed E-state index contributed by atoms with van der Waals surface area (Å²) in [5, 5.41) is 9.53. The van der Waals surface area contributed by atoms with Crippen molar-refractivity contribution in [1.82, 2.24) is 0 Å². The van der Waals surface area contributed by atoms with Crippen molar-refractivity contribution in [3.05, 3.63) is 48.1 Å². The summed E-state index contributed by atoms with van der Waals surface area (Å²) in [6, 6.07) is 3.67. The molecule has 0 saturated heterocycles. The Balaban J connectivity index is 2.56. The molecule has 0 spiro atoms. The quantitative estimate of drug-likeness (QED) is 0.744. The van der Waals surface area contributed by atoms with Gasteiger partial charge in [-0.3, -0.25) is 0 Å². The van der Waals surface area contributed by atoms with Crippen LogP contribution in [-0.4, -0.2) is 11.2 Å². The van der Waals surface area contributed by atoms with Crippen LogP contribution in [0.25, 0.3) is 0 Å². The number of rotatable bonds is 5. The number of hydrogen-bond donors (Lipinski definition) is 1. The van der Waals surface area contributed by atoms with Gasteiger partial charge < -0.3 is 5.11 Å². The molecule has 82 valence electrons. The highest BCUT2D eigenvalue weighted by Crippen LogP contribution is 2.12. The molecule has 0 bridgehead atoms. The predicted octanol–water partition coefficient (Wildman–Crippen LogP) is 2.83. The van der Waals surface area contributed by atoms with Gasteiger partial charge in [0.15, 0.2) is 11.6 Å². The fourth-order valence-corrected chi connectivity index (χ4v) is 1.35. The molecule has 0 radical (unpaired) electrons. The van der Waals surface area contributed by atoms with Gasteiger partial charge in [0.05, 0.1) is 6.10 Å². The molecule has 1 rings (SSSR count). The van der Waals surface area contributed by atoms with Gasteiger partial charge >= 0.3 is 0 Å². The summed E-state index contributed by atoms with van der Waals surface area (Å²) in [5.41, 5.74) is 0.602. The topological polar surface area (TPSA) is 20.2 Å². The van der Waals surface area contributed by atoms with Crippen LogP contribution in [0.3, 0.4) is 0 Å². The third-order valence-corrected chi connectivity index (χ3v) is 2.16. The second-order valence-corrected chi connectivity index (χ2v) is 3.47. The van der Waals surface area contributed by atoms with Crippen molar-refractivity contribution < 1.29 is 13.9 Å². The first-order valence-electron chi connectivity index (χ1n) is 4.86. The minimum Gasteiger partial charge on any atom is -0.393 e. The minimum atomic E-state index is -0.872. The number of aliphatic hydroxyl groups is 1. The van der Waals surface area contributed by atoms with Crippen molar-refractivity contribution in [1.29, 1.82) is 0 Å². The van der Waals surface area contributed by atoms with Crippen LogP contribution < -0.4 is 0 Å². The molecule has 0 amide bonds. The van der Waals surface area contributed by atoms with Crippen molar-refractivity contribution >= 4 is 0 Å². The maximum absolute atomic E-state index is 12.8. The van der Waals surface area contributed by atoms with Gasteiger partial charge in [-0.1, -0.05) is 12.1 Å². The molecule has 0 aliphatic heterocycles. The van der Waals surface area contributed by atoms with Crippen LogP contribution in [0.1, 0.15) is 18.4 Å². The van der Waals surface area contributed by atoms with Gasteiger partial charge in [0.1, 0.15) is 0 Å². The van der Waals surface area contributed by atoms with E-state index in [0.29, 0.717) is 24.8 Å². The summed E-state index contributed by atoms with van der Waals surface area (Å²) in [5.74, 6) is -1.73. The lowest BCUT2D eigenvalue weighted by Gasteiger charge is -2.09. The van der Waals surface area contributed by atoms with Gasteiger partial charge in [-0.05, 0) is 37.0 Å². The fourth-order valence-electron chi connectivity index (χ4n) is 1.35. The normalized spacial score (nSPS) is 12.5. The number of aliphatic hydroxyl groups excluding tert-OH is 1. The first-order valence-corrected chi connectivity index (χ1v) is 4.86. The Hall–Kier alpha value is -1.22. The highest BCUT2D eigenvalue weighted by Gasteiger charge is 2.07. The SMILES string of the molecule is C=CCCC(O)Cc1ccc(F)c(F)c1. The van der Waals surface area contributed by atoms with Crippen LogP contribution >= 0.6 is 0 Å². The van der Waals surface area contributed by atoms with Crippen LogP contribution in [0.15, 0.2) is 30.9 Å². The summed E-state index contributed by atoms with van der Waals surface area (Å²) in [6.45, 7) is 3.54. The average Bonchev–Trinajstić information content (AvgIpc) is 2.20. The van der Waals surface area contributed by atoms with Crippen molar-refractivity contribution in [3.8, 4) is 0 Å². The molecule has 1 aromatic rings. The van der Waals surface area contributed by atoms with Gasteiger partial charge in [0, 0.05) is 0 Å². The van der Waals surface area contributed by atoms with E-state index in [-0.39, 0.29) is 0 Å². The summed E-state index contributed by atoms with van der Waals surface area (Å²) >= 11 is 0. The number of allylic oxidation sites excluding steroid dienone is 1. The molecule has 0 heterocycles. The van der Waals surface area contributed by atoms with Crippen LogP contribution in [0.5, 0.6) is 0 Å². The van der Waals surface area contributed by atoms with E-state index < -0.39 is 17.7 Å². The van der Waals surface area contributed by atoms with E-state index in [2.05, 4.69) is 6.58 Å². The smallest absolute Gasteiger partial charge is 0.159 e. The molecular weight excluding hydrogens is 198 g/mol. The van der Waals surface area contributed by atoms with Crippen molar-refractivity contribution in [2.75, 3.05) is 0 Å². The van der Waals surface area contributed by atoms with Crippen molar-refractivity contribution in [3.63, 3.8) is 0 Å². The van der Waals surface area contributed by atoms with Crippen LogP contribution in [0, 0.1) is 11.6 Å². The van der Waals surface area contributed by atoms with Gasteiger partial charge in [-0.2, -0.15) is 0 Å². The molecule has 0 fully saturated rings. The van der Waals surface area contributed by atoms with Crippen molar-refractivity contribution in [2.45, 2.75) is 25.4 Å². The Morgan fingerprint density at radius 1 is 1.33 bits per heavy atom. The van der Waals surface area contributed by atoms with Gasteiger partial charge in [-0.25, -0.2) is 8.78 Å². The second-order valence-electron chi connectivity index (χ2n) is 3.47. The summed E-state index contributed by atoms with van der Waals surface area (Å²) in [7, 11) is 0. The molecule has 3 heteroatoms. The van der Waals surface area contributed by atoms with E-state index in [1.165, 1.54) is 6.07 Å². The second kappa shape index (κ2) is 5.61. The molecular formula is C12H14F2O. The molecule has 0 saturated carbocycles. The number of halogens is 2. The molecule has 0 aliphatic rings. The third-order valence-electron chi connectivity index (χ3n) is 2.16. The molecule has 1 unspecified atom stereocenters. The Morgan fingerprint density at radius 3 is 2.67 bits per heavy atom. The monoisotopic (exact) mass is 212 g/mol. The standard InChI is InChI=1S/C12H14F2O/c1-2-3-4-10(15)7-9-5-6-11(13)12(14)8-9/h2,5-6,8,10,15H,1,3-4,7H2. The summed E-state index contributed by atoms with van der Waals surface area (Å²) < 4.78 is 25.4.